The minimum atomic E-state index is -0.364. The number of fused-ring (bicyclic) bond motifs is 3. The lowest BCUT2D eigenvalue weighted by Crippen LogP contribution is -2.29. The Bertz CT molecular complexity index is 682. The minimum Gasteiger partial charge on any atom is -0.490 e. The molecule has 1 aromatic carbocycles. The number of allylic oxidation sites excluding steroid dienone is 1. The summed E-state index contributed by atoms with van der Waals surface area (Å²) < 4.78 is 5.90. The highest BCUT2D eigenvalue weighted by atomic mass is 16.5. The van der Waals surface area contributed by atoms with Gasteiger partial charge in [0.1, 0.15) is 5.76 Å². The van der Waals surface area contributed by atoms with Crippen molar-refractivity contribution in [3.63, 3.8) is 0 Å². The smallest absolute Gasteiger partial charge is 0.234 e. The maximum absolute atomic E-state index is 12.3. The van der Waals surface area contributed by atoms with Gasteiger partial charge in [0.25, 0.3) is 0 Å². The van der Waals surface area contributed by atoms with Crippen LogP contribution in [-0.2, 0) is 22.4 Å². The lowest BCUT2D eigenvalue weighted by atomic mass is 9.83. The van der Waals surface area contributed by atoms with Crippen LogP contribution in [0.2, 0.25) is 0 Å². The van der Waals surface area contributed by atoms with Crippen molar-refractivity contribution in [1.29, 1.82) is 0 Å². The van der Waals surface area contributed by atoms with Gasteiger partial charge in [0.05, 0.1) is 6.10 Å². The fourth-order valence-corrected chi connectivity index (χ4v) is 3.49. The van der Waals surface area contributed by atoms with Gasteiger partial charge in [-0.3, -0.25) is 9.59 Å². The van der Waals surface area contributed by atoms with E-state index in [1.807, 2.05) is 13.0 Å². The molecular weight excluding hydrogens is 252 g/mol. The van der Waals surface area contributed by atoms with E-state index in [9.17, 15) is 9.59 Å². The molecule has 1 aromatic rings. The van der Waals surface area contributed by atoms with E-state index >= 15 is 0 Å². The number of ketones is 2. The van der Waals surface area contributed by atoms with E-state index in [0.29, 0.717) is 23.3 Å². The highest BCUT2D eigenvalue weighted by molar-refractivity contribution is 6.52. The molecule has 1 atom stereocenters. The lowest BCUT2D eigenvalue weighted by Gasteiger charge is -2.29. The summed E-state index contributed by atoms with van der Waals surface area (Å²) in [5.41, 5.74) is 4.50. The predicted molar refractivity (Wildman–Crippen MR) is 74.5 cm³/mol. The summed E-state index contributed by atoms with van der Waals surface area (Å²) in [6.45, 7) is 2.01. The van der Waals surface area contributed by atoms with Crippen molar-refractivity contribution in [2.45, 2.75) is 45.1 Å². The molecule has 0 bridgehead atoms. The summed E-state index contributed by atoms with van der Waals surface area (Å²) in [7, 11) is 0. The van der Waals surface area contributed by atoms with E-state index in [1.165, 1.54) is 11.1 Å². The number of rotatable bonds is 0. The number of carbonyl (C=O) groups excluding carboxylic acids is 2. The van der Waals surface area contributed by atoms with E-state index in [0.717, 1.165) is 31.2 Å². The first-order valence-corrected chi connectivity index (χ1v) is 7.30. The number of hydrogen-bond acceptors (Lipinski definition) is 3. The fraction of sp³-hybridized carbons (Fsp3) is 0.412. The maximum atomic E-state index is 12.3. The fourth-order valence-electron chi connectivity index (χ4n) is 3.49. The Morgan fingerprint density at radius 3 is 2.45 bits per heavy atom. The molecule has 0 radical (unpaired) electrons. The van der Waals surface area contributed by atoms with Crippen molar-refractivity contribution in [2.24, 2.45) is 0 Å². The first-order valence-electron chi connectivity index (χ1n) is 7.30. The molecule has 0 fully saturated rings. The van der Waals surface area contributed by atoms with Crippen LogP contribution < -0.4 is 0 Å². The molecule has 1 aliphatic heterocycles. The first-order chi connectivity index (χ1) is 9.65. The molecule has 102 valence electrons. The number of benzene rings is 1. The van der Waals surface area contributed by atoms with Crippen LogP contribution in [0.1, 0.15) is 53.2 Å². The largest absolute Gasteiger partial charge is 0.490 e. The van der Waals surface area contributed by atoms with Gasteiger partial charge in [-0.05, 0) is 62.3 Å². The van der Waals surface area contributed by atoms with Crippen LogP contribution in [0.4, 0.5) is 0 Å². The third-order valence-corrected chi connectivity index (χ3v) is 4.60. The number of Topliss-reactive ketones (excluding diaryl/α,β-unsaturated/α-hetero) is 2. The van der Waals surface area contributed by atoms with E-state index in [1.54, 1.807) is 0 Å². The molecule has 4 rings (SSSR count). The van der Waals surface area contributed by atoms with Crippen LogP contribution in [0.25, 0.3) is 5.76 Å². The molecule has 0 N–H and O–H groups in total. The second kappa shape index (κ2) is 4.05. The summed E-state index contributed by atoms with van der Waals surface area (Å²) >= 11 is 0. The zero-order chi connectivity index (χ0) is 13.9. The van der Waals surface area contributed by atoms with Crippen molar-refractivity contribution in [3.8, 4) is 0 Å². The quantitative estimate of drug-likeness (QED) is 0.679. The van der Waals surface area contributed by atoms with Gasteiger partial charge in [-0.2, -0.15) is 0 Å². The first kappa shape index (κ1) is 11.9. The van der Waals surface area contributed by atoms with E-state index < -0.39 is 0 Å². The van der Waals surface area contributed by atoms with Gasteiger partial charge < -0.3 is 4.74 Å². The molecular formula is C17H16O3. The van der Waals surface area contributed by atoms with Crippen LogP contribution in [0.5, 0.6) is 0 Å². The highest BCUT2D eigenvalue weighted by Gasteiger charge is 2.37. The molecule has 3 heteroatoms. The van der Waals surface area contributed by atoms with E-state index in [-0.39, 0.29) is 17.7 Å². The van der Waals surface area contributed by atoms with Gasteiger partial charge in [-0.1, -0.05) is 0 Å². The van der Waals surface area contributed by atoms with Gasteiger partial charge in [-0.25, -0.2) is 0 Å². The molecule has 0 amide bonds. The Morgan fingerprint density at radius 1 is 1.00 bits per heavy atom. The minimum absolute atomic E-state index is 0.107. The maximum Gasteiger partial charge on any atom is 0.234 e. The van der Waals surface area contributed by atoms with Crippen molar-refractivity contribution < 1.29 is 14.3 Å². The monoisotopic (exact) mass is 268 g/mol. The molecule has 2 aliphatic carbocycles. The van der Waals surface area contributed by atoms with Crippen molar-refractivity contribution >= 4 is 17.3 Å². The molecule has 20 heavy (non-hydrogen) atoms. The number of aryl methyl sites for hydroxylation is 2. The predicted octanol–water partition coefficient (Wildman–Crippen LogP) is 2.85. The topological polar surface area (TPSA) is 43.4 Å². The SMILES string of the molecule is CC1CCC2=C(O1)c1cc3c(cc1C(=O)C2=O)CCC3. The Balaban J connectivity index is 1.96. The average molecular weight is 268 g/mol. The molecule has 0 saturated carbocycles. The van der Waals surface area contributed by atoms with Crippen LogP contribution in [0.15, 0.2) is 17.7 Å². The van der Waals surface area contributed by atoms with Crippen molar-refractivity contribution in [1.82, 2.24) is 0 Å². The standard InChI is InChI=1S/C17H16O3/c1-9-5-6-12-15(18)16(19)13-7-10-3-2-4-11(10)8-14(13)17(12)20-9/h7-9H,2-6H2,1H3. The summed E-state index contributed by atoms with van der Waals surface area (Å²) in [6, 6.07) is 4.00. The molecule has 0 aromatic heterocycles. The Morgan fingerprint density at radius 2 is 1.70 bits per heavy atom. The lowest BCUT2D eigenvalue weighted by molar-refractivity contribution is -0.112. The van der Waals surface area contributed by atoms with Crippen molar-refractivity contribution in [2.75, 3.05) is 0 Å². The molecule has 3 nitrogen and oxygen atoms in total. The average Bonchev–Trinajstić information content (AvgIpc) is 2.90. The van der Waals surface area contributed by atoms with Gasteiger partial charge in [-0.15, -0.1) is 0 Å². The third kappa shape index (κ3) is 1.52. The van der Waals surface area contributed by atoms with Gasteiger partial charge in [0, 0.05) is 16.7 Å². The van der Waals surface area contributed by atoms with E-state index in [2.05, 4.69) is 6.07 Å². The highest BCUT2D eigenvalue weighted by Crippen LogP contribution is 2.39. The molecule has 0 spiro atoms. The zero-order valence-electron chi connectivity index (χ0n) is 11.5. The van der Waals surface area contributed by atoms with Gasteiger partial charge >= 0.3 is 0 Å². The summed E-state index contributed by atoms with van der Waals surface area (Å²) in [5.74, 6) is -0.0537. The Hall–Kier alpha value is -1.90. The van der Waals surface area contributed by atoms with Crippen LogP contribution in [-0.4, -0.2) is 17.7 Å². The van der Waals surface area contributed by atoms with Crippen LogP contribution in [0.3, 0.4) is 0 Å². The number of ether oxygens (including phenoxy) is 1. The Kier molecular flexibility index (Phi) is 2.40. The molecule has 3 aliphatic rings. The van der Waals surface area contributed by atoms with Crippen LogP contribution >= 0.6 is 0 Å². The summed E-state index contributed by atoms with van der Waals surface area (Å²) in [4.78, 5) is 24.6. The summed E-state index contributed by atoms with van der Waals surface area (Å²) in [6.07, 6.45) is 4.76. The third-order valence-electron chi connectivity index (χ3n) is 4.60. The van der Waals surface area contributed by atoms with Gasteiger partial charge in [0.15, 0.2) is 0 Å². The van der Waals surface area contributed by atoms with Crippen LogP contribution in [0, 0.1) is 0 Å². The zero-order valence-corrected chi connectivity index (χ0v) is 11.5. The number of hydrogen-bond donors (Lipinski definition) is 0. The normalized spacial score (nSPS) is 24.1. The van der Waals surface area contributed by atoms with E-state index in [4.69, 9.17) is 4.74 Å². The Labute approximate surface area is 117 Å². The molecule has 1 unspecified atom stereocenters. The van der Waals surface area contributed by atoms with Gasteiger partial charge in [0.2, 0.25) is 11.6 Å². The molecule has 1 heterocycles. The number of carbonyl (C=O) groups is 2. The molecule has 0 saturated heterocycles. The second-order valence-corrected chi connectivity index (χ2v) is 5.95. The second-order valence-electron chi connectivity index (χ2n) is 5.95. The summed E-state index contributed by atoms with van der Waals surface area (Å²) in [5, 5.41) is 0. The van der Waals surface area contributed by atoms with Crippen molar-refractivity contribution in [3.05, 3.63) is 40.0 Å².